The Kier molecular flexibility index (Phi) is 4.36. The largest absolute Gasteiger partial charge is 0.394 e. The molecule has 0 amide bonds. The number of aromatic nitrogens is 1. The minimum Gasteiger partial charge on any atom is -0.394 e. The van der Waals surface area contributed by atoms with E-state index in [0.29, 0.717) is 16.3 Å². The van der Waals surface area contributed by atoms with Crippen molar-refractivity contribution in [1.29, 1.82) is 5.41 Å². The first-order chi connectivity index (χ1) is 9.11. The second-order valence-electron chi connectivity index (χ2n) is 4.09. The number of thioether (sulfide) groups is 1. The number of nitrogens with one attached hydrogen (secondary N) is 1. The van der Waals surface area contributed by atoms with Gasteiger partial charge in [0.05, 0.1) is 18.2 Å². The number of aliphatic hydroxyl groups is 2. The van der Waals surface area contributed by atoms with E-state index in [-0.39, 0.29) is 12.4 Å². The lowest BCUT2D eigenvalue weighted by molar-refractivity contribution is 0.113. The molecule has 1 heterocycles. The SMILES string of the molecule is N=C(N)c1cc2ccccc2nc1SCC(O)CO. The number of aliphatic hydroxyl groups excluding tert-OH is 2. The molecule has 0 saturated heterocycles. The first-order valence-electron chi connectivity index (χ1n) is 5.77. The van der Waals surface area contributed by atoms with Crippen molar-refractivity contribution in [3.63, 3.8) is 0 Å². The summed E-state index contributed by atoms with van der Waals surface area (Å²) in [4.78, 5) is 4.45. The van der Waals surface area contributed by atoms with Crippen molar-refractivity contribution >= 4 is 28.5 Å². The summed E-state index contributed by atoms with van der Waals surface area (Å²) < 4.78 is 0. The molecular weight excluding hydrogens is 262 g/mol. The molecule has 0 fully saturated rings. The van der Waals surface area contributed by atoms with Crippen LogP contribution in [0.25, 0.3) is 10.9 Å². The van der Waals surface area contributed by atoms with Gasteiger partial charge in [-0.25, -0.2) is 4.98 Å². The Labute approximate surface area is 115 Å². The van der Waals surface area contributed by atoms with E-state index in [1.807, 2.05) is 30.3 Å². The molecule has 6 heteroatoms. The van der Waals surface area contributed by atoms with Crippen LogP contribution >= 0.6 is 11.8 Å². The van der Waals surface area contributed by atoms with E-state index in [4.69, 9.17) is 16.2 Å². The highest BCUT2D eigenvalue weighted by Crippen LogP contribution is 2.25. The van der Waals surface area contributed by atoms with Crippen LogP contribution in [0.2, 0.25) is 0 Å². The molecule has 1 atom stereocenters. The van der Waals surface area contributed by atoms with Crippen molar-refractivity contribution < 1.29 is 10.2 Å². The maximum Gasteiger partial charge on any atom is 0.125 e. The zero-order valence-corrected chi connectivity index (χ0v) is 11.0. The van der Waals surface area contributed by atoms with Crippen LogP contribution in [0.4, 0.5) is 0 Å². The first kappa shape index (κ1) is 13.8. The number of nitrogens with zero attached hydrogens (tertiary/aromatic N) is 1. The molecule has 1 unspecified atom stereocenters. The molecule has 5 N–H and O–H groups in total. The summed E-state index contributed by atoms with van der Waals surface area (Å²) in [5.41, 5.74) is 6.93. The Morgan fingerprint density at radius 3 is 2.84 bits per heavy atom. The Hall–Kier alpha value is -1.63. The molecular formula is C13H15N3O2S. The minimum absolute atomic E-state index is 0.0563. The number of hydrogen-bond acceptors (Lipinski definition) is 5. The van der Waals surface area contributed by atoms with Gasteiger partial charge in [0.15, 0.2) is 0 Å². The second kappa shape index (κ2) is 6.01. The van der Waals surface area contributed by atoms with Crippen LogP contribution in [-0.4, -0.2) is 39.5 Å². The van der Waals surface area contributed by atoms with Crippen molar-refractivity contribution in [3.05, 3.63) is 35.9 Å². The van der Waals surface area contributed by atoms with Gasteiger partial charge in [0, 0.05) is 16.7 Å². The van der Waals surface area contributed by atoms with Crippen LogP contribution in [0, 0.1) is 5.41 Å². The molecule has 2 rings (SSSR count). The molecule has 0 saturated carbocycles. The third-order valence-electron chi connectivity index (χ3n) is 2.60. The summed E-state index contributed by atoms with van der Waals surface area (Å²) in [5.74, 6) is 0.251. The smallest absolute Gasteiger partial charge is 0.125 e. The molecule has 0 aliphatic carbocycles. The van der Waals surface area contributed by atoms with Crippen molar-refractivity contribution in [3.8, 4) is 0 Å². The average molecular weight is 277 g/mol. The highest BCUT2D eigenvalue weighted by molar-refractivity contribution is 7.99. The van der Waals surface area contributed by atoms with Gasteiger partial charge in [-0.2, -0.15) is 0 Å². The summed E-state index contributed by atoms with van der Waals surface area (Å²) >= 11 is 1.28. The molecule has 0 aliphatic rings. The van der Waals surface area contributed by atoms with Crippen LogP contribution in [-0.2, 0) is 0 Å². The van der Waals surface area contributed by atoms with Crippen molar-refractivity contribution in [2.45, 2.75) is 11.1 Å². The Bertz CT molecular complexity index is 603. The normalized spacial score (nSPS) is 12.5. The highest BCUT2D eigenvalue weighted by atomic mass is 32.2. The molecule has 0 aliphatic heterocycles. The lowest BCUT2D eigenvalue weighted by Gasteiger charge is -2.11. The summed E-state index contributed by atoms with van der Waals surface area (Å²) in [7, 11) is 0. The summed E-state index contributed by atoms with van der Waals surface area (Å²) in [6.45, 7) is -0.296. The third-order valence-corrected chi connectivity index (χ3v) is 3.74. The number of amidine groups is 1. The molecule has 19 heavy (non-hydrogen) atoms. The molecule has 1 aromatic heterocycles. The first-order valence-corrected chi connectivity index (χ1v) is 6.76. The van der Waals surface area contributed by atoms with Gasteiger partial charge in [-0.3, -0.25) is 5.41 Å². The van der Waals surface area contributed by atoms with Crippen LogP contribution < -0.4 is 5.73 Å². The number of rotatable bonds is 5. The van der Waals surface area contributed by atoms with Gasteiger partial charge >= 0.3 is 0 Å². The Balaban J connectivity index is 2.39. The molecule has 0 spiro atoms. The van der Waals surface area contributed by atoms with E-state index >= 15 is 0 Å². The average Bonchev–Trinajstić information content (AvgIpc) is 2.43. The summed E-state index contributed by atoms with van der Waals surface area (Å²) in [5, 5.41) is 27.3. The van der Waals surface area contributed by atoms with Gasteiger partial charge in [-0.1, -0.05) is 18.2 Å². The molecule has 1 aromatic carbocycles. The zero-order valence-electron chi connectivity index (χ0n) is 10.2. The maximum absolute atomic E-state index is 9.38. The highest BCUT2D eigenvalue weighted by Gasteiger charge is 2.12. The van der Waals surface area contributed by atoms with E-state index in [2.05, 4.69) is 4.98 Å². The monoisotopic (exact) mass is 277 g/mol. The predicted octanol–water partition coefficient (Wildman–Crippen LogP) is 0.964. The fourth-order valence-corrected chi connectivity index (χ4v) is 2.57. The number of benzene rings is 1. The lowest BCUT2D eigenvalue weighted by Crippen LogP contribution is -2.17. The molecule has 2 aromatic rings. The Morgan fingerprint density at radius 2 is 2.16 bits per heavy atom. The van der Waals surface area contributed by atoms with Gasteiger partial charge in [0.25, 0.3) is 0 Å². The Morgan fingerprint density at radius 1 is 1.42 bits per heavy atom. The number of nitrogen functional groups attached to an aromatic ring is 1. The zero-order chi connectivity index (χ0) is 13.8. The number of fused-ring (bicyclic) bond motifs is 1. The maximum atomic E-state index is 9.38. The second-order valence-corrected chi connectivity index (χ2v) is 5.10. The van der Waals surface area contributed by atoms with Crippen LogP contribution in [0.15, 0.2) is 35.4 Å². The van der Waals surface area contributed by atoms with Crippen molar-refractivity contribution in [2.24, 2.45) is 5.73 Å². The summed E-state index contributed by atoms with van der Waals surface area (Å²) in [6.07, 6.45) is -0.807. The van der Waals surface area contributed by atoms with E-state index < -0.39 is 6.10 Å². The molecule has 0 bridgehead atoms. The lowest BCUT2D eigenvalue weighted by atomic mass is 10.1. The fraction of sp³-hybridized carbons (Fsp3) is 0.231. The fourth-order valence-electron chi connectivity index (χ4n) is 1.63. The van der Waals surface area contributed by atoms with E-state index in [9.17, 15) is 5.11 Å². The van der Waals surface area contributed by atoms with E-state index in [1.54, 1.807) is 0 Å². The van der Waals surface area contributed by atoms with Crippen molar-refractivity contribution in [2.75, 3.05) is 12.4 Å². The van der Waals surface area contributed by atoms with Gasteiger partial charge in [0.1, 0.15) is 10.9 Å². The number of nitrogens with two attached hydrogens (primary N) is 1. The van der Waals surface area contributed by atoms with Crippen LogP contribution in [0.3, 0.4) is 0 Å². The van der Waals surface area contributed by atoms with Gasteiger partial charge in [0.2, 0.25) is 0 Å². The number of hydrogen-bond donors (Lipinski definition) is 4. The molecule has 5 nitrogen and oxygen atoms in total. The number of para-hydroxylation sites is 1. The number of pyridine rings is 1. The van der Waals surface area contributed by atoms with E-state index in [1.165, 1.54) is 11.8 Å². The topological polar surface area (TPSA) is 103 Å². The standard InChI is InChI=1S/C13H15N3O2S/c14-12(15)10-5-8-3-1-2-4-11(8)16-13(10)19-7-9(18)6-17/h1-5,9,17-18H,6-7H2,(H3,14,15). The minimum atomic E-state index is -0.807. The quantitative estimate of drug-likeness (QED) is 0.370. The molecule has 0 radical (unpaired) electrons. The van der Waals surface area contributed by atoms with Crippen LogP contribution in [0.5, 0.6) is 0 Å². The van der Waals surface area contributed by atoms with Gasteiger partial charge < -0.3 is 15.9 Å². The van der Waals surface area contributed by atoms with Gasteiger partial charge in [-0.15, -0.1) is 11.8 Å². The van der Waals surface area contributed by atoms with Gasteiger partial charge in [-0.05, 0) is 12.1 Å². The molecule has 100 valence electrons. The summed E-state index contributed by atoms with van der Waals surface area (Å²) in [6, 6.07) is 9.39. The van der Waals surface area contributed by atoms with Crippen molar-refractivity contribution in [1.82, 2.24) is 4.98 Å². The van der Waals surface area contributed by atoms with E-state index in [0.717, 1.165) is 10.9 Å². The predicted molar refractivity (Wildman–Crippen MR) is 76.6 cm³/mol. The van der Waals surface area contributed by atoms with Crippen LogP contribution in [0.1, 0.15) is 5.56 Å². The third kappa shape index (κ3) is 3.23.